The Balaban J connectivity index is 2.39. The molecule has 1 aliphatic rings. The number of unbranched alkanes of at least 4 members (excludes halogenated alkanes) is 1. The van der Waals surface area contributed by atoms with Gasteiger partial charge in [-0.25, -0.2) is 5.26 Å². The van der Waals surface area contributed by atoms with E-state index in [4.69, 9.17) is 10.4 Å². The Labute approximate surface area is 143 Å². The van der Waals surface area contributed by atoms with Crippen molar-refractivity contribution in [1.29, 1.82) is 0 Å². The molecule has 0 aromatic heterocycles. The third-order valence-electron chi connectivity index (χ3n) is 3.44. The number of hydrogen-bond donors (Lipinski definition) is 5. The normalized spacial score (nSPS) is 18.1. The van der Waals surface area contributed by atoms with Gasteiger partial charge in [0.25, 0.3) is 0 Å². The molecule has 1 rings (SSSR count). The maximum atomic E-state index is 12.2. The van der Waals surface area contributed by atoms with E-state index in [1.54, 1.807) is 0 Å². The fraction of sp³-hybridized carbons (Fsp3) is 0.769. The summed E-state index contributed by atoms with van der Waals surface area (Å²) in [5.74, 6) is -1.53. The smallest absolute Gasteiger partial charge is 0.303 e. The van der Waals surface area contributed by atoms with Crippen molar-refractivity contribution in [3.8, 4) is 0 Å². The third-order valence-corrected chi connectivity index (χ3v) is 4.07. The second-order valence-corrected chi connectivity index (χ2v) is 5.98. The lowest BCUT2D eigenvalue weighted by Crippen LogP contribution is -2.52. The molecule has 10 nitrogen and oxygen atoms in total. The van der Waals surface area contributed by atoms with E-state index in [1.807, 2.05) is 0 Å². The largest absolute Gasteiger partial charge is 0.481 e. The second kappa shape index (κ2) is 12.0. The zero-order valence-electron chi connectivity index (χ0n) is 13.2. The van der Waals surface area contributed by atoms with E-state index in [9.17, 15) is 14.4 Å². The van der Waals surface area contributed by atoms with Gasteiger partial charge in [0.05, 0.1) is 11.8 Å². The van der Waals surface area contributed by atoms with Crippen LogP contribution >= 0.6 is 12.0 Å². The summed E-state index contributed by atoms with van der Waals surface area (Å²) < 4.78 is 4.25. The Morgan fingerprint density at radius 2 is 2.12 bits per heavy atom. The SMILES string of the molecule is O=C(O)CCCCNC(=O)C(CSOOO)NC(=O)C1CCCN1. The predicted molar refractivity (Wildman–Crippen MR) is 84.7 cm³/mol. The number of carboxylic acid groups (broad SMARTS) is 1. The van der Waals surface area contributed by atoms with Gasteiger partial charge in [-0.15, -0.1) is 4.33 Å². The van der Waals surface area contributed by atoms with Crippen LogP contribution < -0.4 is 16.0 Å². The maximum absolute atomic E-state index is 12.2. The molecule has 11 heteroatoms. The molecule has 0 spiro atoms. The molecule has 0 aromatic rings. The van der Waals surface area contributed by atoms with Gasteiger partial charge in [-0.3, -0.25) is 14.4 Å². The van der Waals surface area contributed by atoms with Gasteiger partial charge >= 0.3 is 5.97 Å². The summed E-state index contributed by atoms with van der Waals surface area (Å²) in [5.41, 5.74) is 0. The van der Waals surface area contributed by atoms with Gasteiger partial charge in [0.2, 0.25) is 11.8 Å². The van der Waals surface area contributed by atoms with Gasteiger partial charge in [0, 0.05) is 25.0 Å². The van der Waals surface area contributed by atoms with Crippen LogP contribution in [0.2, 0.25) is 0 Å². The number of nitrogens with one attached hydrogen (secondary N) is 3. The third kappa shape index (κ3) is 8.45. The highest BCUT2D eigenvalue weighted by Gasteiger charge is 2.27. The van der Waals surface area contributed by atoms with E-state index >= 15 is 0 Å². The fourth-order valence-electron chi connectivity index (χ4n) is 2.22. The van der Waals surface area contributed by atoms with Crippen molar-refractivity contribution in [2.45, 2.75) is 44.2 Å². The van der Waals surface area contributed by atoms with Crippen LogP contribution in [-0.4, -0.2) is 59.1 Å². The molecular weight excluding hydrogens is 342 g/mol. The Kier molecular flexibility index (Phi) is 10.4. The van der Waals surface area contributed by atoms with Gasteiger partial charge in [0.1, 0.15) is 6.04 Å². The van der Waals surface area contributed by atoms with Crippen molar-refractivity contribution in [1.82, 2.24) is 16.0 Å². The minimum atomic E-state index is -0.881. The number of carbonyl (C=O) groups is 3. The molecule has 2 amide bonds. The lowest BCUT2D eigenvalue weighted by molar-refractivity contribution is -0.432. The Hall–Kier alpha value is -1.40. The maximum Gasteiger partial charge on any atom is 0.303 e. The van der Waals surface area contributed by atoms with Crippen LogP contribution in [0.1, 0.15) is 32.1 Å². The van der Waals surface area contributed by atoms with Crippen LogP contribution in [0.25, 0.3) is 0 Å². The topological polar surface area (TPSA) is 146 Å². The highest BCUT2D eigenvalue weighted by molar-refractivity contribution is 7.94. The van der Waals surface area contributed by atoms with Gasteiger partial charge in [0.15, 0.2) is 0 Å². The lowest BCUT2D eigenvalue weighted by atomic mass is 10.2. The van der Waals surface area contributed by atoms with Gasteiger partial charge in [-0.1, -0.05) is 5.04 Å². The molecule has 1 fully saturated rings. The van der Waals surface area contributed by atoms with Crippen LogP contribution in [0.5, 0.6) is 0 Å². The van der Waals surface area contributed by atoms with E-state index in [-0.39, 0.29) is 24.1 Å². The first kappa shape index (κ1) is 20.6. The van der Waals surface area contributed by atoms with Gasteiger partial charge in [-0.2, -0.15) is 0 Å². The van der Waals surface area contributed by atoms with Gasteiger partial charge < -0.3 is 21.1 Å². The molecule has 5 N–H and O–H groups in total. The summed E-state index contributed by atoms with van der Waals surface area (Å²) >= 11 is 0.676. The highest BCUT2D eigenvalue weighted by Crippen LogP contribution is 2.08. The molecule has 2 unspecified atom stereocenters. The van der Waals surface area contributed by atoms with Crippen LogP contribution in [0.15, 0.2) is 0 Å². The van der Waals surface area contributed by atoms with Crippen molar-refractivity contribution in [2.24, 2.45) is 0 Å². The molecule has 0 saturated carbocycles. The molecule has 2 atom stereocenters. The number of rotatable bonds is 12. The Bertz CT molecular complexity index is 418. The first-order valence-corrected chi connectivity index (χ1v) is 8.58. The molecule has 1 saturated heterocycles. The molecular formula is C13H23N3O7S. The second-order valence-electron chi connectivity index (χ2n) is 5.28. The summed E-state index contributed by atoms with van der Waals surface area (Å²) in [5, 5.41) is 28.4. The van der Waals surface area contributed by atoms with Crippen molar-refractivity contribution in [3.63, 3.8) is 0 Å². The van der Waals surface area contributed by atoms with Crippen molar-refractivity contribution < 1.29 is 34.1 Å². The number of carbonyl (C=O) groups excluding carboxylic acids is 2. The number of amides is 2. The average Bonchev–Trinajstić information content (AvgIpc) is 3.07. The zero-order valence-corrected chi connectivity index (χ0v) is 14.0. The first-order chi connectivity index (χ1) is 11.5. The molecule has 0 aliphatic carbocycles. The average molecular weight is 365 g/mol. The monoisotopic (exact) mass is 365 g/mol. The summed E-state index contributed by atoms with van der Waals surface area (Å²) in [6, 6.07) is -1.18. The molecule has 0 bridgehead atoms. The number of hydrogen-bond acceptors (Lipinski definition) is 8. The van der Waals surface area contributed by atoms with Crippen LogP contribution in [0.3, 0.4) is 0 Å². The zero-order chi connectivity index (χ0) is 17.8. The van der Waals surface area contributed by atoms with E-state index in [1.165, 1.54) is 0 Å². The van der Waals surface area contributed by atoms with Crippen molar-refractivity contribution in [2.75, 3.05) is 18.8 Å². The Morgan fingerprint density at radius 3 is 2.75 bits per heavy atom. The molecule has 24 heavy (non-hydrogen) atoms. The van der Waals surface area contributed by atoms with Crippen LogP contribution in [0, 0.1) is 0 Å². The summed E-state index contributed by atoms with van der Waals surface area (Å²) in [4.78, 5) is 34.7. The number of carboxylic acids is 1. The fourth-order valence-corrected chi connectivity index (χ4v) is 2.69. The summed E-state index contributed by atoms with van der Waals surface area (Å²) in [7, 11) is 0. The Morgan fingerprint density at radius 1 is 1.33 bits per heavy atom. The van der Waals surface area contributed by atoms with Gasteiger partial charge in [-0.05, 0) is 32.2 Å². The summed E-state index contributed by atoms with van der Waals surface area (Å²) in [6.45, 7) is 1.07. The minimum absolute atomic E-state index is 0.0416. The molecule has 1 heterocycles. The predicted octanol–water partition coefficient (Wildman–Crippen LogP) is -0.336. The van der Waals surface area contributed by atoms with E-state index in [2.05, 4.69) is 25.3 Å². The number of aliphatic carboxylic acids is 1. The van der Waals surface area contributed by atoms with Crippen LogP contribution in [-0.2, 0) is 23.8 Å². The molecule has 1 aliphatic heterocycles. The minimum Gasteiger partial charge on any atom is -0.481 e. The highest BCUT2D eigenvalue weighted by atomic mass is 32.2. The molecule has 0 radical (unpaired) electrons. The molecule has 0 aromatic carbocycles. The van der Waals surface area contributed by atoms with E-state index in [0.29, 0.717) is 37.8 Å². The quantitative estimate of drug-likeness (QED) is 0.136. The molecule has 138 valence electrons. The van der Waals surface area contributed by atoms with Crippen molar-refractivity contribution in [3.05, 3.63) is 0 Å². The van der Waals surface area contributed by atoms with Crippen LogP contribution in [0.4, 0.5) is 0 Å². The summed E-state index contributed by atoms with van der Waals surface area (Å²) in [6.07, 6.45) is 2.62. The lowest BCUT2D eigenvalue weighted by Gasteiger charge is -2.19. The van der Waals surface area contributed by atoms with Crippen molar-refractivity contribution >= 4 is 29.8 Å². The first-order valence-electron chi connectivity index (χ1n) is 7.67. The standard InChI is InChI=1S/C13H23N3O7S/c17-11(18)5-1-2-6-15-12(19)10(8-24-23-22-21)16-13(20)9-4-3-7-14-9/h9-10,14,21H,1-8H2,(H,15,19)(H,16,20)(H,17,18). The van der Waals surface area contributed by atoms with E-state index in [0.717, 1.165) is 13.0 Å². The van der Waals surface area contributed by atoms with E-state index < -0.39 is 17.9 Å².